The Morgan fingerprint density at radius 3 is 2.69 bits per heavy atom. The van der Waals surface area contributed by atoms with Gasteiger partial charge in [0.15, 0.2) is 5.13 Å². The lowest BCUT2D eigenvalue weighted by Gasteiger charge is -2.28. The molecule has 2 aromatic rings. The Bertz CT molecular complexity index is 908. The Hall–Kier alpha value is -2.47. The number of hydrogen-bond acceptors (Lipinski definition) is 4. The molecule has 2 aliphatic rings. The van der Waals surface area contributed by atoms with Crippen LogP contribution in [0.4, 0.5) is 10.8 Å². The van der Waals surface area contributed by atoms with E-state index < -0.39 is 0 Å². The van der Waals surface area contributed by atoms with Crippen molar-refractivity contribution in [2.75, 3.05) is 4.90 Å². The summed E-state index contributed by atoms with van der Waals surface area (Å²) in [4.78, 5) is 30.6. The smallest absolute Gasteiger partial charge is 0.244 e. The third-order valence-corrected chi connectivity index (χ3v) is 7.08. The molecule has 5 nitrogen and oxygen atoms in total. The first-order valence-corrected chi connectivity index (χ1v) is 11.2. The van der Waals surface area contributed by atoms with Crippen molar-refractivity contribution in [2.45, 2.75) is 45.6 Å². The van der Waals surface area contributed by atoms with Crippen molar-refractivity contribution in [1.29, 1.82) is 0 Å². The van der Waals surface area contributed by atoms with Gasteiger partial charge in [-0.1, -0.05) is 24.6 Å². The number of amides is 2. The molecule has 6 heteroatoms. The van der Waals surface area contributed by atoms with E-state index in [-0.39, 0.29) is 17.9 Å². The fourth-order valence-corrected chi connectivity index (χ4v) is 5.76. The zero-order valence-electron chi connectivity index (χ0n) is 16.9. The van der Waals surface area contributed by atoms with Gasteiger partial charge in [0.25, 0.3) is 0 Å². The van der Waals surface area contributed by atoms with Crippen molar-refractivity contribution in [3.05, 3.63) is 47.5 Å². The SMILES string of the molecule is CC(=O)N(c1ccccc1)c1nc(/C=C/C(=O)NC(C)C2CC3CCC2C3)cs1. The average molecular weight is 410 g/mol. The number of rotatable bonds is 6. The van der Waals surface area contributed by atoms with E-state index in [9.17, 15) is 9.59 Å². The predicted octanol–water partition coefficient (Wildman–Crippen LogP) is 4.78. The highest BCUT2D eigenvalue weighted by Crippen LogP contribution is 2.49. The average Bonchev–Trinajstić information content (AvgIpc) is 3.44. The van der Waals surface area contributed by atoms with E-state index >= 15 is 0 Å². The highest BCUT2D eigenvalue weighted by atomic mass is 32.1. The van der Waals surface area contributed by atoms with E-state index in [2.05, 4.69) is 17.2 Å². The van der Waals surface area contributed by atoms with Crippen LogP contribution in [0.25, 0.3) is 6.08 Å². The topological polar surface area (TPSA) is 62.3 Å². The number of nitrogens with one attached hydrogen (secondary N) is 1. The highest BCUT2D eigenvalue weighted by molar-refractivity contribution is 7.14. The molecule has 2 bridgehead atoms. The highest BCUT2D eigenvalue weighted by Gasteiger charge is 2.41. The van der Waals surface area contributed by atoms with Crippen molar-refractivity contribution in [2.24, 2.45) is 17.8 Å². The molecule has 0 aliphatic heterocycles. The first-order valence-electron chi connectivity index (χ1n) is 10.3. The van der Waals surface area contributed by atoms with Crippen LogP contribution in [0.3, 0.4) is 0 Å². The van der Waals surface area contributed by atoms with Gasteiger partial charge in [0, 0.05) is 24.4 Å². The van der Waals surface area contributed by atoms with E-state index in [4.69, 9.17) is 0 Å². The molecule has 1 heterocycles. The third-order valence-electron chi connectivity index (χ3n) is 6.24. The molecule has 0 radical (unpaired) electrons. The molecular formula is C23H27N3O2S. The van der Waals surface area contributed by atoms with Crippen LogP contribution in [0.5, 0.6) is 0 Å². The van der Waals surface area contributed by atoms with Gasteiger partial charge in [0.2, 0.25) is 11.8 Å². The number of fused-ring (bicyclic) bond motifs is 2. The quantitative estimate of drug-likeness (QED) is 0.698. The summed E-state index contributed by atoms with van der Waals surface area (Å²) in [5.41, 5.74) is 1.46. The van der Waals surface area contributed by atoms with Crippen molar-refractivity contribution in [3.63, 3.8) is 0 Å². The lowest BCUT2D eigenvalue weighted by atomic mass is 9.84. The molecule has 4 unspecified atom stereocenters. The van der Waals surface area contributed by atoms with Gasteiger partial charge in [0.1, 0.15) is 0 Å². The van der Waals surface area contributed by atoms with E-state index in [0.717, 1.165) is 17.5 Å². The van der Waals surface area contributed by atoms with Crippen molar-refractivity contribution in [1.82, 2.24) is 10.3 Å². The fourth-order valence-electron chi connectivity index (χ4n) is 4.91. The second-order valence-electron chi connectivity index (χ2n) is 8.21. The monoisotopic (exact) mass is 409 g/mol. The first-order chi connectivity index (χ1) is 14.0. The zero-order chi connectivity index (χ0) is 20.4. The van der Waals surface area contributed by atoms with Crippen molar-refractivity contribution >= 4 is 40.0 Å². The number of thiazole rings is 1. The van der Waals surface area contributed by atoms with Gasteiger partial charge in [0.05, 0.1) is 11.4 Å². The molecule has 1 aromatic carbocycles. The minimum atomic E-state index is -0.0986. The molecule has 0 spiro atoms. The number of para-hydroxylation sites is 1. The Balaban J connectivity index is 1.38. The fraction of sp³-hybridized carbons (Fsp3) is 0.435. The van der Waals surface area contributed by atoms with Crippen LogP contribution in [0, 0.1) is 17.8 Å². The van der Waals surface area contributed by atoms with E-state index in [1.807, 2.05) is 35.7 Å². The summed E-state index contributed by atoms with van der Waals surface area (Å²) in [7, 11) is 0. The van der Waals surface area contributed by atoms with Crippen molar-refractivity contribution in [3.8, 4) is 0 Å². The van der Waals surface area contributed by atoms with Crippen LogP contribution in [-0.2, 0) is 9.59 Å². The summed E-state index contributed by atoms with van der Waals surface area (Å²) in [6.07, 6.45) is 8.55. The zero-order valence-corrected chi connectivity index (χ0v) is 17.7. The number of aromatic nitrogens is 1. The summed E-state index contributed by atoms with van der Waals surface area (Å²) < 4.78 is 0. The van der Waals surface area contributed by atoms with Gasteiger partial charge < -0.3 is 5.32 Å². The second-order valence-corrected chi connectivity index (χ2v) is 9.05. The Labute approximate surface area is 175 Å². The second kappa shape index (κ2) is 8.49. The summed E-state index contributed by atoms with van der Waals surface area (Å²) in [5, 5.41) is 5.59. The van der Waals surface area contributed by atoms with Gasteiger partial charge >= 0.3 is 0 Å². The Kier molecular flexibility index (Phi) is 5.81. The molecule has 2 saturated carbocycles. The number of nitrogens with zero attached hydrogens (tertiary/aromatic N) is 2. The molecule has 1 aromatic heterocycles. The summed E-state index contributed by atoms with van der Waals surface area (Å²) in [5.74, 6) is 2.10. The van der Waals surface area contributed by atoms with Crippen LogP contribution in [-0.4, -0.2) is 22.8 Å². The van der Waals surface area contributed by atoms with Gasteiger partial charge in [-0.2, -0.15) is 0 Å². The molecule has 29 heavy (non-hydrogen) atoms. The Morgan fingerprint density at radius 2 is 2.03 bits per heavy atom. The number of benzene rings is 1. The molecule has 2 aliphatic carbocycles. The van der Waals surface area contributed by atoms with Gasteiger partial charge in [-0.25, -0.2) is 4.98 Å². The molecule has 1 N–H and O–H groups in total. The maximum Gasteiger partial charge on any atom is 0.244 e. The third kappa shape index (κ3) is 4.42. The number of carbonyl (C=O) groups is 2. The van der Waals surface area contributed by atoms with Crippen LogP contribution < -0.4 is 10.2 Å². The van der Waals surface area contributed by atoms with Gasteiger partial charge in [-0.3, -0.25) is 14.5 Å². The number of anilines is 2. The van der Waals surface area contributed by atoms with Crippen LogP contribution in [0.2, 0.25) is 0 Å². The maximum atomic E-state index is 12.4. The standard InChI is InChI=1S/C23H27N3O2S/c1-15(21-13-17-8-9-18(21)12-17)24-22(28)11-10-19-14-29-23(25-19)26(16(2)27)20-6-4-3-5-7-20/h3-7,10-11,14-15,17-18,21H,8-9,12-13H2,1-2H3,(H,24,28)/b11-10+. The lowest BCUT2D eigenvalue weighted by molar-refractivity contribution is -0.117. The number of carbonyl (C=O) groups excluding carboxylic acids is 2. The van der Waals surface area contributed by atoms with E-state index in [1.165, 1.54) is 43.9 Å². The van der Waals surface area contributed by atoms with Gasteiger partial charge in [-0.15, -0.1) is 11.3 Å². The largest absolute Gasteiger partial charge is 0.350 e. The summed E-state index contributed by atoms with van der Waals surface area (Å²) in [6.45, 7) is 3.65. The normalized spacial score (nSPS) is 24.0. The molecule has 4 atom stereocenters. The first kappa shape index (κ1) is 19.8. The summed E-state index contributed by atoms with van der Waals surface area (Å²) in [6, 6.07) is 9.66. The number of hydrogen-bond donors (Lipinski definition) is 1. The van der Waals surface area contributed by atoms with Gasteiger partial charge in [-0.05, 0) is 62.1 Å². The molecular weight excluding hydrogens is 382 g/mol. The lowest BCUT2D eigenvalue weighted by Crippen LogP contribution is -2.39. The van der Waals surface area contributed by atoms with Crippen LogP contribution in [0.15, 0.2) is 41.8 Å². The molecule has 4 rings (SSSR count). The van der Waals surface area contributed by atoms with E-state index in [1.54, 1.807) is 17.1 Å². The maximum absolute atomic E-state index is 12.4. The predicted molar refractivity (Wildman–Crippen MR) is 117 cm³/mol. The van der Waals surface area contributed by atoms with Crippen molar-refractivity contribution < 1.29 is 9.59 Å². The minimum absolute atomic E-state index is 0.0821. The molecule has 0 saturated heterocycles. The summed E-state index contributed by atoms with van der Waals surface area (Å²) >= 11 is 1.39. The van der Waals surface area contributed by atoms with E-state index in [0.29, 0.717) is 16.7 Å². The molecule has 152 valence electrons. The molecule has 2 fully saturated rings. The van der Waals surface area contributed by atoms with Crippen LogP contribution >= 0.6 is 11.3 Å². The Morgan fingerprint density at radius 1 is 1.24 bits per heavy atom. The minimum Gasteiger partial charge on any atom is -0.350 e. The van der Waals surface area contributed by atoms with Crippen LogP contribution in [0.1, 0.15) is 45.2 Å². The molecule has 2 amide bonds.